The standard InChI is InChI=1S/C25H37N5O2/c1-19-24(9-6-13-27-19)32-18-17-30(16-12-23(26)20(2)31)15-4-3-8-22-11-10-21-7-5-14-28-25(21)29-22/h6,9-11,13,23H,3-5,7-8,12,14-18,26H2,1-2H3,(H,28,29)/t23-/m0/s1. The van der Waals surface area contributed by atoms with Crippen LogP contribution in [0.15, 0.2) is 30.5 Å². The van der Waals surface area contributed by atoms with Crippen LogP contribution in [0.2, 0.25) is 0 Å². The van der Waals surface area contributed by atoms with Crippen LogP contribution in [0.25, 0.3) is 0 Å². The predicted octanol–water partition coefficient (Wildman–Crippen LogP) is 3.15. The van der Waals surface area contributed by atoms with Crippen LogP contribution in [-0.2, 0) is 17.6 Å². The molecule has 1 aliphatic rings. The van der Waals surface area contributed by atoms with Crippen LogP contribution in [0.4, 0.5) is 5.82 Å². The molecule has 3 heterocycles. The molecule has 0 fully saturated rings. The van der Waals surface area contributed by atoms with Gasteiger partial charge in [0.1, 0.15) is 24.0 Å². The summed E-state index contributed by atoms with van der Waals surface area (Å²) in [4.78, 5) is 22.9. The molecule has 0 radical (unpaired) electrons. The SMILES string of the molecule is CC(=O)[C@@H](N)CCN(CCCCc1ccc2c(n1)NCCC2)CCOc1cccnc1C. The molecule has 0 saturated carbocycles. The van der Waals surface area contributed by atoms with E-state index in [1.54, 1.807) is 13.1 Å². The quantitative estimate of drug-likeness (QED) is 0.463. The molecule has 2 aromatic rings. The lowest BCUT2D eigenvalue weighted by atomic mass is 10.1. The Bertz CT molecular complexity index is 873. The van der Waals surface area contributed by atoms with Crippen molar-refractivity contribution >= 4 is 11.6 Å². The number of Topliss-reactive ketones (excluding diaryl/α,β-unsaturated/α-hetero) is 1. The van der Waals surface area contributed by atoms with Gasteiger partial charge in [-0.05, 0) is 82.7 Å². The van der Waals surface area contributed by atoms with Crippen molar-refractivity contribution in [1.29, 1.82) is 0 Å². The number of nitrogens with zero attached hydrogens (tertiary/aromatic N) is 3. The lowest BCUT2D eigenvalue weighted by molar-refractivity contribution is -0.118. The van der Waals surface area contributed by atoms with Gasteiger partial charge in [-0.2, -0.15) is 0 Å². The lowest BCUT2D eigenvalue weighted by Gasteiger charge is -2.24. The van der Waals surface area contributed by atoms with Crippen LogP contribution >= 0.6 is 0 Å². The van der Waals surface area contributed by atoms with Crippen molar-refractivity contribution in [2.24, 2.45) is 5.73 Å². The molecule has 0 saturated heterocycles. The van der Waals surface area contributed by atoms with Crippen molar-refractivity contribution in [3.63, 3.8) is 0 Å². The molecular formula is C25H37N5O2. The Balaban J connectivity index is 1.45. The Hall–Kier alpha value is -2.51. The summed E-state index contributed by atoms with van der Waals surface area (Å²) in [6, 6.07) is 7.82. The third-order valence-corrected chi connectivity index (χ3v) is 6.01. The van der Waals surface area contributed by atoms with Gasteiger partial charge in [0.2, 0.25) is 0 Å². The van der Waals surface area contributed by atoms with Gasteiger partial charge >= 0.3 is 0 Å². The third-order valence-electron chi connectivity index (χ3n) is 6.01. The number of anilines is 1. The molecule has 0 aliphatic carbocycles. The molecule has 0 unspecified atom stereocenters. The minimum atomic E-state index is -0.397. The summed E-state index contributed by atoms with van der Waals surface area (Å²) in [6.07, 6.45) is 7.84. The fraction of sp³-hybridized carbons (Fsp3) is 0.560. The Morgan fingerprint density at radius 3 is 2.94 bits per heavy atom. The van der Waals surface area contributed by atoms with E-state index >= 15 is 0 Å². The maximum absolute atomic E-state index is 11.5. The van der Waals surface area contributed by atoms with E-state index in [0.29, 0.717) is 13.0 Å². The van der Waals surface area contributed by atoms with Crippen LogP contribution in [0, 0.1) is 6.92 Å². The summed E-state index contributed by atoms with van der Waals surface area (Å²) in [5.74, 6) is 1.93. The van der Waals surface area contributed by atoms with Crippen LogP contribution < -0.4 is 15.8 Å². The number of nitrogens with two attached hydrogens (primary N) is 1. The van der Waals surface area contributed by atoms with Gasteiger partial charge in [0.15, 0.2) is 0 Å². The third kappa shape index (κ3) is 7.57. The molecule has 3 rings (SSSR count). The summed E-state index contributed by atoms with van der Waals surface area (Å²) < 4.78 is 5.93. The number of unbranched alkanes of at least 4 members (excludes halogenated alkanes) is 1. The van der Waals surface area contributed by atoms with E-state index in [9.17, 15) is 4.79 Å². The van der Waals surface area contributed by atoms with E-state index < -0.39 is 6.04 Å². The van der Waals surface area contributed by atoms with Gasteiger partial charge in [0.05, 0.1) is 11.7 Å². The number of ketones is 1. The van der Waals surface area contributed by atoms with Crippen LogP contribution in [0.1, 0.15) is 49.6 Å². The van der Waals surface area contributed by atoms with Gasteiger partial charge in [-0.3, -0.25) is 14.7 Å². The Labute approximate surface area is 191 Å². The highest BCUT2D eigenvalue weighted by molar-refractivity contribution is 5.81. The van der Waals surface area contributed by atoms with Crippen LogP contribution in [0.5, 0.6) is 5.75 Å². The predicted molar refractivity (Wildman–Crippen MR) is 128 cm³/mol. The van der Waals surface area contributed by atoms with E-state index in [1.807, 2.05) is 19.1 Å². The average molecular weight is 440 g/mol. The van der Waals surface area contributed by atoms with Crippen molar-refractivity contribution in [3.05, 3.63) is 47.4 Å². The zero-order valence-corrected chi connectivity index (χ0v) is 19.5. The van der Waals surface area contributed by atoms with Crippen molar-refractivity contribution < 1.29 is 9.53 Å². The molecule has 32 heavy (non-hydrogen) atoms. The number of aromatic nitrogens is 2. The highest BCUT2D eigenvalue weighted by atomic mass is 16.5. The van der Waals surface area contributed by atoms with Gasteiger partial charge in [0, 0.05) is 31.5 Å². The number of pyridine rings is 2. The molecule has 7 nitrogen and oxygen atoms in total. The molecule has 2 aromatic heterocycles. The van der Waals surface area contributed by atoms with Gasteiger partial charge in [-0.15, -0.1) is 0 Å². The van der Waals surface area contributed by atoms with E-state index in [4.69, 9.17) is 15.5 Å². The number of hydrogen-bond acceptors (Lipinski definition) is 7. The normalized spacial score (nSPS) is 14.0. The number of nitrogens with one attached hydrogen (secondary N) is 1. The van der Waals surface area contributed by atoms with Crippen molar-refractivity contribution in [1.82, 2.24) is 14.9 Å². The number of aryl methyl sites for hydroxylation is 3. The van der Waals surface area contributed by atoms with E-state index in [1.165, 1.54) is 12.0 Å². The minimum Gasteiger partial charge on any atom is -0.490 e. The summed E-state index contributed by atoms with van der Waals surface area (Å²) in [7, 11) is 0. The molecule has 0 bridgehead atoms. The average Bonchev–Trinajstić information content (AvgIpc) is 2.80. The van der Waals surface area contributed by atoms with Gasteiger partial charge in [-0.25, -0.2) is 4.98 Å². The zero-order valence-electron chi connectivity index (χ0n) is 19.5. The molecule has 0 spiro atoms. The second-order valence-electron chi connectivity index (χ2n) is 8.58. The highest BCUT2D eigenvalue weighted by Crippen LogP contribution is 2.20. The van der Waals surface area contributed by atoms with Crippen LogP contribution in [-0.4, -0.2) is 59.5 Å². The number of carbonyl (C=O) groups excluding carboxylic acids is 1. The molecule has 0 amide bonds. The Morgan fingerprint density at radius 1 is 1.25 bits per heavy atom. The first-order valence-corrected chi connectivity index (χ1v) is 11.8. The van der Waals surface area contributed by atoms with Gasteiger partial charge < -0.3 is 15.8 Å². The number of ether oxygens (including phenoxy) is 1. The molecule has 1 aliphatic heterocycles. The fourth-order valence-corrected chi connectivity index (χ4v) is 3.92. The van der Waals surface area contributed by atoms with Crippen molar-refractivity contribution in [3.8, 4) is 5.75 Å². The number of carbonyl (C=O) groups is 1. The second kappa shape index (κ2) is 12.5. The Kier molecular flexibility index (Phi) is 9.43. The van der Waals surface area contributed by atoms with E-state index in [2.05, 4.69) is 27.3 Å². The minimum absolute atomic E-state index is 0.0410. The maximum Gasteiger partial charge on any atom is 0.146 e. The first-order chi connectivity index (χ1) is 15.5. The maximum atomic E-state index is 11.5. The molecule has 1 atom stereocenters. The van der Waals surface area contributed by atoms with Crippen molar-refractivity contribution in [2.75, 3.05) is 38.1 Å². The number of hydrogen-bond donors (Lipinski definition) is 2. The smallest absolute Gasteiger partial charge is 0.146 e. The second-order valence-corrected chi connectivity index (χ2v) is 8.58. The molecular weight excluding hydrogens is 402 g/mol. The summed E-state index contributed by atoms with van der Waals surface area (Å²) in [5.41, 5.74) is 9.34. The summed E-state index contributed by atoms with van der Waals surface area (Å²) in [6.45, 7) is 7.63. The van der Waals surface area contributed by atoms with E-state index in [-0.39, 0.29) is 5.78 Å². The number of fused-ring (bicyclic) bond motifs is 1. The fourth-order valence-electron chi connectivity index (χ4n) is 3.92. The molecule has 174 valence electrons. The van der Waals surface area contributed by atoms with E-state index in [0.717, 1.165) is 74.8 Å². The molecule has 0 aromatic carbocycles. The first kappa shape index (κ1) is 24.1. The summed E-state index contributed by atoms with van der Waals surface area (Å²) in [5, 5.41) is 3.41. The summed E-state index contributed by atoms with van der Waals surface area (Å²) >= 11 is 0. The monoisotopic (exact) mass is 439 g/mol. The Morgan fingerprint density at radius 2 is 2.12 bits per heavy atom. The molecule has 3 N–H and O–H groups in total. The number of rotatable bonds is 13. The van der Waals surface area contributed by atoms with Crippen molar-refractivity contribution in [2.45, 2.75) is 58.4 Å². The van der Waals surface area contributed by atoms with Gasteiger partial charge in [-0.1, -0.05) is 6.07 Å². The highest BCUT2D eigenvalue weighted by Gasteiger charge is 2.13. The lowest BCUT2D eigenvalue weighted by Crippen LogP contribution is -2.36. The first-order valence-electron chi connectivity index (χ1n) is 11.8. The topological polar surface area (TPSA) is 93.4 Å². The zero-order chi connectivity index (χ0) is 22.8. The van der Waals surface area contributed by atoms with Gasteiger partial charge in [0.25, 0.3) is 0 Å². The largest absolute Gasteiger partial charge is 0.490 e. The molecule has 7 heteroatoms. The van der Waals surface area contributed by atoms with Crippen LogP contribution in [0.3, 0.4) is 0 Å².